The van der Waals surface area contributed by atoms with Crippen LogP contribution in [0.5, 0.6) is 0 Å². The van der Waals surface area contributed by atoms with Crippen LogP contribution in [0.1, 0.15) is 49.5 Å². The average Bonchev–Trinajstić information content (AvgIpc) is 2.83. The molecule has 4 nitrogen and oxygen atoms in total. The normalized spacial score (nSPS) is 37.0. The first-order chi connectivity index (χ1) is 10.1. The third kappa shape index (κ3) is 2.33. The van der Waals surface area contributed by atoms with Gasteiger partial charge in [0, 0.05) is 18.8 Å². The number of nitrogens with one attached hydrogen (secondary N) is 1. The van der Waals surface area contributed by atoms with Crippen LogP contribution in [0.15, 0.2) is 10.7 Å². The Labute approximate surface area is 133 Å². The number of halogens is 1. The molecule has 4 aliphatic rings. The van der Waals surface area contributed by atoms with Crippen molar-refractivity contribution in [3.8, 4) is 0 Å². The number of carbonyl (C=O) groups excluding carboxylic acids is 1. The number of nitrogens with zero attached hydrogens (tertiary/aromatic N) is 2. The van der Waals surface area contributed by atoms with Gasteiger partial charge in [0.2, 0.25) is 0 Å². The van der Waals surface area contributed by atoms with Gasteiger partial charge in [0.25, 0.3) is 5.91 Å². The van der Waals surface area contributed by atoms with Crippen LogP contribution >= 0.6 is 15.9 Å². The fourth-order valence-electron chi connectivity index (χ4n) is 5.09. The minimum atomic E-state index is -0.00783. The zero-order valence-corrected chi connectivity index (χ0v) is 14.0. The van der Waals surface area contributed by atoms with Crippen LogP contribution < -0.4 is 5.32 Å². The quantitative estimate of drug-likeness (QED) is 0.908. The molecule has 0 aliphatic heterocycles. The third-order valence-corrected chi connectivity index (χ3v) is 6.36. The molecule has 0 saturated heterocycles. The van der Waals surface area contributed by atoms with Crippen molar-refractivity contribution >= 4 is 21.8 Å². The summed E-state index contributed by atoms with van der Waals surface area (Å²) in [4.78, 5) is 12.6. The Morgan fingerprint density at radius 2 is 1.90 bits per heavy atom. The lowest BCUT2D eigenvalue weighted by Crippen LogP contribution is -2.55. The molecule has 0 atom stereocenters. The smallest absolute Gasteiger partial charge is 0.273 e. The van der Waals surface area contributed by atoms with E-state index in [1.165, 1.54) is 32.1 Å². The summed E-state index contributed by atoms with van der Waals surface area (Å²) in [5.41, 5.74) is 0.533. The molecular formula is C16H22BrN3O. The summed E-state index contributed by atoms with van der Waals surface area (Å²) < 4.78 is 2.60. The molecule has 0 aromatic carbocycles. The Morgan fingerprint density at radius 3 is 2.43 bits per heavy atom. The van der Waals surface area contributed by atoms with Gasteiger partial charge in [-0.25, -0.2) is 0 Å². The van der Waals surface area contributed by atoms with Crippen LogP contribution in [-0.2, 0) is 6.54 Å². The highest BCUT2D eigenvalue weighted by atomic mass is 79.9. The molecule has 4 fully saturated rings. The van der Waals surface area contributed by atoms with Crippen LogP contribution in [0.25, 0.3) is 0 Å². The molecule has 114 valence electrons. The summed E-state index contributed by atoms with van der Waals surface area (Å²) in [6.45, 7) is 2.81. The standard InChI is InChI=1S/C16H22BrN3O/c1-2-20-8-13(17)15(19-20)16(21)18-14-11-4-9-3-10(6-11)7-12(14)5-9/h8-12,14H,2-7H2,1H3,(H,18,21). The first kappa shape index (κ1) is 13.8. The van der Waals surface area contributed by atoms with E-state index in [1.807, 2.05) is 13.1 Å². The molecule has 1 aromatic rings. The first-order valence-electron chi connectivity index (χ1n) is 8.17. The lowest BCUT2D eigenvalue weighted by atomic mass is 9.54. The number of hydrogen-bond acceptors (Lipinski definition) is 2. The molecule has 4 bridgehead atoms. The minimum Gasteiger partial charge on any atom is -0.347 e. The predicted octanol–water partition coefficient (Wildman–Crippen LogP) is 3.22. The molecule has 1 N–H and O–H groups in total. The maximum absolute atomic E-state index is 12.6. The second-order valence-electron chi connectivity index (χ2n) is 7.11. The van der Waals surface area contributed by atoms with Gasteiger partial charge in [-0.15, -0.1) is 0 Å². The van der Waals surface area contributed by atoms with E-state index in [-0.39, 0.29) is 5.91 Å². The highest BCUT2D eigenvalue weighted by Crippen LogP contribution is 2.53. The third-order valence-electron chi connectivity index (χ3n) is 5.78. The first-order valence-corrected chi connectivity index (χ1v) is 8.97. The topological polar surface area (TPSA) is 46.9 Å². The van der Waals surface area contributed by atoms with E-state index in [0.29, 0.717) is 23.6 Å². The molecule has 5 rings (SSSR count). The zero-order chi connectivity index (χ0) is 14.6. The Morgan fingerprint density at radius 1 is 1.29 bits per heavy atom. The number of carbonyl (C=O) groups is 1. The fraction of sp³-hybridized carbons (Fsp3) is 0.750. The SMILES string of the molecule is CCn1cc(Br)c(C(=O)NC2C3CC4CC(C3)CC2C4)n1. The van der Waals surface area contributed by atoms with Crippen molar-refractivity contribution in [1.82, 2.24) is 15.1 Å². The summed E-state index contributed by atoms with van der Waals surface area (Å²) in [5, 5.41) is 7.68. The molecule has 21 heavy (non-hydrogen) atoms. The van der Waals surface area contributed by atoms with Gasteiger partial charge < -0.3 is 5.32 Å². The summed E-state index contributed by atoms with van der Waals surface area (Å²) in [7, 11) is 0. The van der Waals surface area contributed by atoms with Crippen molar-refractivity contribution in [2.24, 2.45) is 23.7 Å². The van der Waals surface area contributed by atoms with Crippen molar-refractivity contribution in [2.75, 3.05) is 0 Å². The summed E-state index contributed by atoms with van der Waals surface area (Å²) >= 11 is 3.46. The molecule has 0 unspecified atom stereocenters. The molecular weight excluding hydrogens is 330 g/mol. The monoisotopic (exact) mass is 351 g/mol. The van der Waals surface area contributed by atoms with E-state index in [4.69, 9.17) is 0 Å². The van der Waals surface area contributed by atoms with Crippen LogP contribution in [0, 0.1) is 23.7 Å². The Bertz CT molecular complexity index is 540. The molecule has 4 aliphatic carbocycles. The van der Waals surface area contributed by atoms with Crippen LogP contribution in [0.3, 0.4) is 0 Å². The molecule has 0 spiro atoms. The number of amides is 1. The molecule has 5 heteroatoms. The van der Waals surface area contributed by atoms with Crippen molar-refractivity contribution in [1.29, 1.82) is 0 Å². The number of aryl methyl sites for hydroxylation is 1. The van der Waals surface area contributed by atoms with Crippen molar-refractivity contribution in [3.63, 3.8) is 0 Å². The summed E-state index contributed by atoms with van der Waals surface area (Å²) in [5.74, 6) is 3.28. The highest BCUT2D eigenvalue weighted by Gasteiger charge is 2.48. The number of hydrogen-bond donors (Lipinski definition) is 1. The number of aromatic nitrogens is 2. The lowest BCUT2D eigenvalue weighted by Gasteiger charge is -2.54. The van der Waals surface area contributed by atoms with Gasteiger partial charge in [-0.05, 0) is 78.6 Å². The summed E-state index contributed by atoms with van der Waals surface area (Å²) in [6, 6.07) is 0.379. The second kappa shape index (κ2) is 5.11. The Kier molecular flexibility index (Phi) is 3.36. The van der Waals surface area contributed by atoms with Gasteiger partial charge in [-0.3, -0.25) is 9.48 Å². The van der Waals surface area contributed by atoms with Gasteiger partial charge in [0.1, 0.15) is 0 Å². The van der Waals surface area contributed by atoms with Crippen molar-refractivity contribution in [3.05, 3.63) is 16.4 Å². The Balaban J connectivity index is 1.50. The largest absolute Gasteiger partial charge is 0.347 e. The van der Waals surface area contributed by atoms with E-state index in [0.717, 1.165) is 22.9 Å². The Hall–Kier alpha value is -0.840. The van der Waals surface area contributed by atoms with Crippen molar-refractivity contribution < 1.29 is 4.79 Å². The van der Waals surface area contributed by atoms with Gasteiger partial charge in [0.15, 0.2) is 5.69 Å². The van der Waals surface area contributed by atoms with E-state index in [2.05, 4.69) is 26.3 Å². The molecule has 1 aromatic heterocycles. The molecule has 1 heterocycles. The highest BCUT2D eigenvalue weighted by molar-refractivity contribution is 9.10. The maximum Gasteiger partial charge on any atom is 0.273 e. The van der Waals surface area contributed by atoms with Crippen LogP contribution in [-0.4, -0.2) is 21.7 Å². The zero-order valence-electron chi connectivity index (χ0n) is 12.4. The molecule has 4 saturated carbocycles. The van der Waals surface area contributed by atoms with E-state index >= 15 is 0 Å². The maximum atomic E-state index is 12.6. The minimum absolute atomic E-state index is 0.00783. The van der Waals surface area contributed by atoms with E-state index < -0.39 is 0 Å². The van der Waals surface area contributed by atoms with Gasteiger partial charge in [-0.1, -0.05) is 0 Å². The average molecular weight is 352 g/mol. The number of rotatable bonds is 3. The van der Waals surface area contributed by atoms with Gasteiger partial charge in [-0.2, -0.15) is 5.10 Å². The molecule has 0 radical (unpaired) electrons. The van der Waals surface area contributed by atoms with Crippen molar-refractivity contribution in [2.45, 2.75) is 51.6 Å². The fourth-order valence-corrected chi connectivity index (χ4v) is 5.59. The van der Waals surface area contributed by atoms with Gasteiger partial charge in [0.05, 0.1) is 4.47 Å². The lowest BCUT2D eigenvalue weighted by molar-refractivity contribution is -0.0120. The molecule has 1 amide bonds. The van der Waals surface area contributed by atoms with Crippen LogP contribution in [0.2, 0.25) is 0 Å². The second-order valence-corrected chi connectivity index (χ2v) is 7.97. The van der Waals surface area contributed by atoms with E-state index in [1.54, 1.807) is 4.68 Å². The van der Waals surface area contributed by atoms with E-state index in [9.17, 15) is 4.79 Å². The van der Waals surface area contributed by atoms with Crippen LogP contribution in [0.4, 0.5) is 0 Å². The summed E-state index contributed by atoms with van der Waals surface area (Å²) in [6.07, 6.45) is 8.61. The predicted molar refractivity (Wildman–Crippen MR) is 83.9 cm³/mol. The van der Waals surface area contributed by atoms with Gasteiger partial charge >= 0.3 is 0 Å².